The number of hydrogen-bond donors (Lipinski definition) is 0. The molecule has 7 rings (SSSR count). The highest BCUT2D eigenvalue weighted by atomic mass is 16.7. The summed E-state index contributed by atoms with van der Waals surface area (Å²) in [5.41, 5.74) is 4.04. The van der Waals surface area contributed by atoms with Gasteiger partial charge in [0.05, 0.1) is 11.1 Å². The Hall–Kier alpha value is -4.34. The lowest BCUT2D eigenvalue weighted by Gasteiger charge is -2.40. The third kappa shape index (κ3) is 2.81. The fourth-order valence-corrected chi connectivity index (χ4v) is 4.79. The van der Waals surface area contributed by atoms with Gasteiger partial charge in [-0.1, -0.05) is 0 Å². The molecule has 4 aliphatic heterocycles. The van der Waals surface area contributed by atoms with E-state index in [9.17, 15) is 9.59 Å². The minimum Gasteiger partial charge on any atom is -0.454 e. The van der Waals surface area contributed by atoms with Gasteiger partial charge in [-0.15, -0.1) is 0 Å². The molecule has 0 saturated heterocycles. The lowest BCUT2D eigenvalue weighted by atomic mass is 9.89. The number of rotatable bonds is 2. The lowest BCUT2D eigenvalue weighted by Crippen LogP contribution is -2.42. The average molecular weight is 462 g/mol. The van der Waals surface area contributed by atoms with Crippen molar-refractivity contribution in [3.8, 4) is 23.0 Å². The van der Waals surface area contributed by atoms with Crippen LogP contribution in [0.4, 0.5) is 11.4 Å². The number of anilines is 2. The predicted molar refractivity (Wildman–Crippen MR) is 115 cm³/mol. The Morgan fingerprint density at radius 1 is 0.559 bits per heavy atom. The normalized spacial score (nSPS) is 20.2. The van der Waals surface area contributed by atoms with Crippen molar-refractivity contribution in [2.75, 3.05) is 36.8 Å². The highest BCUT2D eigenvalue weighted by Crippen LogP contribution is 2.45. The molecule has 0 aromatic heterocycles. The van der Waals surface area contributed by atoms with Gasteiger partial charge in [0, 0.05) is 47.7 Å². The number of esters is 2. The monoisotopic (exact) mass is 462 g/mol. The number of carbonyl (C=O) groups excluding carboxylic acids is 2. The summed E-state index contributed by atoms with van der Waals surface area (Å²) < 4.78 is 32.8. The molecule has 0 atom stereocenters. The first-order valence-electron chi connectivity index (χ1n) is 10.8. The van der Waals surface area contributed by atoms with Crippen LogP contribution >= 0.6 is 0 Å². The molecule has 0 amide bonds. The highest BCUT2D eigenvalue weighted by molar-refractivity contribution is 5.98. The molecule has 2 aromatic carbocycles. The maximum absolute atomic E-state index is 12.8. The second-order valence-corrected chi connectivity index (χ2v) is 8.26. The Morgan fingerprint density at radius 3 is 1.47 bits per heavy atom. The van der Waals surface area contributed by atoms with E-state index in [1.54, 1.807) is 0 Å². The van der Waals surface area contributed by atoms with Crippen LogP contribution in [-0.4, -0.2) is 39.0 Å². The summed E-state index contributed by atoms with van der Waals surface area (Å²) in [4.78, 5) is 29.4. The zero-order chi connectivity index (χ0) is 22.8. The summed E-state index contributed by atoms with van der Waals surface area (Å²) in [5, 5.41) is 0. The van der Waals surface area contributed by atoms with Crippen LogP contribution in [0.1, 0.15) is 12.8 Å². The fourth-order valence-electron chi connectivity index (χ4n) is 4.79. The first kappa shape index (κ1) is 19.2. The van der Waals surface area contributed by atoms with E-state index in [1.807, 2.05) is 46.2 Å². The first-order valence-corrected chi connectivity index (χ1v) is 10.8. The van der Waals surface area contributed by atoms with Crippen LogP contribution in [-0.2, 0) is 19.1 Å². The van der Waals surface area contributed by atoms with Gasteiger partial charge in [0.2, 0.25) is 13.6 Å². The number of nitrogens with zero attached hydrogens (tertiary/aromatic N) is 2. The van der Waals surface area contributed by atoms with Gasteiger partial charge in [-0.3, -0.25) is 0 Å². The molecular weight excluding hydrogens is 444 g/mol. The largest absolute Gasteiger partial charge is 0.454 e. The second kappa shape index (κ2) is 7.08. The van der Waals surface area contributed by atoms with Crippen LogP contribution < -0.4 is 28.7 Å². The molecule has 1 aliphatic carbocycles. The smallest absolute Gasteiger partial charge is 0.337 e. The minimum atomic E-state index is -0.386. The van der Waals surface area contributed by atoms with E-state index in [0.29, 0.717) is 34.1 Å². The van der Waals surface area contributed by atoms with E-state index in [0.717, 1.165) is 22.8 Å². The van der Waals surface area contributed by atoms with Gasteiger partial charge in [0.15, 0.2) is 36.5 Å². The molecular formula is C24H18N2O8. The Morgan fingerprint density at radius 2 is 1.00 bits per heavy atom. The third-order valence-electron chi connectivity index (χ3n) is 6.51. The zero-order valence-electron chi connectivity index (χ0n) is 17.9. The number of carbonyl (C=O) groups is 2. The van der Waals surface area contributed by atoms with Crippen molar-refractivity contribution in [2.24, 2.45) is 0 Å². The number of benzene rings is 2. The van der Waals surface area contributed by atoms with Crippen molar-refractivity contribution >= 4 is 23.3 Å². The molecule has 172 valence electrons. The molecule has 34 heavy (non-hydrogen) atoms. The van der Waals surface area contributed by atoms with E-state index >= 15 is 0 Å². The topological polar surface area (TPSA) is 96.0 Å². The zero-order valence-corrected chi connectivity index (χ0v) is 17.9. The maximum atomic E-state index is 12.8. The fraction of sp³-hybridized carbons (Fsp3) is 0.250. The van der Waals surface area contributed by atoms with Crippen LogP contribution in [0, 0.1) is 0 Å². The van der Waals surface area contributed by atoms with Crippen molar-refractivity contribution in [1.82, 2.24) is 0 Å². The van der Waals surface area contributed by atoms with Crippen LogP contribution in [0.2, 0.25) is 0 Å². The summed E-state index contributed by atoms with van der Waals surface area (Å²) in [6.07, 6.45) is 0.488. The van der Waals surface area contributed by atoms with E-state index in [1.165, 1.54) is 0 Å². The third-order valence-corrected chi connectivity index (χ3v) is 6.51. The maximum Gasteiger partial charge on any atom is 0.337 e. The van der Waals surface area contributed by atoms with Crippen molar-refractivity contribution < 1.29 is 38.0 Å². The Kier molecular flexibility index (Phi) is 3.99. The van der Waals surface area contributed by atoms with Gasteiger partial charge in [0.25, 0.3) is 0 Å². The van der Waals surface area contributed by atoms with E-state index in [4.69, 9.17) is 28.4 Å². The molecule has 10 heteroatoms. The lowest BCUT2D eigenvalue weighted by molar-refractivity contribution is -0.142. The van der Waals surface area contributed by atoms with Gasteiger partial charge in [-0.2, -0.15) is 0 Å². The molecule has 0 fully saturated rings. The molecule has 0 radical (unpaired) electrons. The quantitative estimate of drug-likeness (QED) is 0.620. The minimum absolute atomic E-state index is 0.0425. The SMILES string of the molecule is O=C1OCN(c2ccc3c(c2)OCO3)C2=C1CC1=C(C2)C(=O)OCN1c1ccc2c(c1)OCO2. The van der Waals surface area contributed by atoms with Crippen LogP contribution in [0.3, 0.4) is 0 Å². The van der Waals surface area contributed by atoms with Crippen molar-refractivity contribution in [1.29, 1.82) is 0 Å². The Balaban J connectivity index is 1.26. The van der Waals surface area contributed by atoms with Crippen molar-refractivity contribution in [3.05, 3.63) is 58.9 Å². The van der Waals surface area contributed by atoms with Crippen LogP contribution in [0.5, 0.6) is 23.0 Å². The standard InChI is InChI=1S/C24H18N2O8/c27-23-15-8-18-16(24(28)30-10-26(18)14-2-4-20-22(6-14)34-12-32-20)7-17(15)25(9-29-23)13-1-3-19-21(5-13)33-11-31-19/h1-6H,7-12H2. The summed E-state index contributed by atoms with van der Waals surface area (Å²) in [6.45, 7) is 0.417. The molecule has 10 nitrogen and oxygen atoms in total. The number of fused-ring (bicyclic) bond motifs is 2. The average Bonchev–Trinajstić information content (AvgIpc) is 3.52. The van der Waals surface area contributed by atoms with Gasteiger partial charge >= 0.3 is 11.9 Å². The summed E-state index contributed by atoms with van der Waals surface area (Å²) in [6, 6.07) is 11.1. The van der Waals surface area contributed by atoms with E-state index in [-0.39, 0.29) is 51.8 Å². The Bertz CT molecular complexity index is 1230. The van der Waals surface area contributed by atoms with Gasteiger partial charge in [-0.05, 0) is 24.3 Å². The van der Waals surface area contributed by atoms with E-state index in [2.05, 4.69) is 0 Å². The summed E-state index contributed by atoms with van der Waals surface area (Å²) >= 11 is 0. The van der Waals surface area contributed by atoms with E-state index < -0.39 is 0 Å². The number of allylic oxidation sites excluding steroid dienone is 2. The Labute approximate surface area is 193 Å². The number of hydrogen-bond acceptors (Lipinski definition) is 10. The number of cyclic esters (lactones) is 2. The van der Waals surface area contributed by atoms with Gasteiger partial charge in [-0.25, -0.2) is 9.59 Å². The molecule has 0 spiro atoms. The summed E-state index contributed by atoms with van der Waals surface area (Å²) in [7, 11) is 0. The summed E-state index contributed by atoms with van der Waals surface area (Å²) in [5.74, 6) is 1.80. The molecule has 0 saturated carbocycles. The van der Waals surface area contributed by atoms with Crippen molar-refractivity contribution in [2.45, 2.75) is 12.8 Å². The second-order valence-electron chi connectivity index (χ2n) is 8.26. The first-order chi connectivity index (χ1) is 16.7. The van der Waals surface area contributed by atoms with Crippen molar-refractivity contribution in [3.63, 3.8) is 0 Å². The molecule has 4 heterocycles. The molecule has 5 aliphatic rings. The van der Waals surface area contributed by atoms with Gasteiger partial charge < -0.3 is 38.2 Å². The molecule has 0 unspecified atom stereocenters. The molecule has 0 N–H and O–H groups in total. The van der Waals surface area contributed by atoms with Crippen LogP contribution in [0.15, 0.2) is 58.9 Å². The molecule has 0 bridgehead atoms. The number of ether oxygens (including phenoxy) is 6. The highest BCUT2D eigenvalue weighted by Gasteiger charge is 2.40. The molecule has 2 aromatic rings. The van der Waals surface area contributed by atoms with Gasteiger partial charge in [0.1, 0.15) is 0 Å². The predicted octanol–water partition coefficient (Wildman–Crippen LogP) is 2.79. The van der Waals surface area contributed by atoms with Crippen LogP contribution in [0.25, 0.3) is 0 Å².